The standard InChI is InChI=1S/C34H37N5O3/c1-5-6-11-30-29(32(40)39(22(2)36-30)21-24-14-18-26(19-15-24)34(3,4)35)20-23-12-16-25(17-13-23)27-9-7-8-10-28(27)31-37-33(41)42-38-31/h7-10,12-19H,5-6,11,20-21,35H2,1-4H3,(H,37,38,41). The van der Waals surface area contributed by atoms with Crippen molar-refractivity contribution >= 4 is 0 Å². The van der Waals surface area contributed by atoms with E-state index in [4.69, 9.17) is 15.2 Å². The molecule has 0 spiro atoms. The summed E-state index contributed by atoms with van der Waals surface area (Å²) in [4.78, 5) is 33.0. The lowest BCUT2D eigenvalue weighted by atomic mass is 9.95. The number of aromatic amines is 1. The zero-order valence-corrected chi connectivity index (χ0v) is 24.6. The quantitative estimate of drug-likeness (QED) is 0.224. The molecular weight excluding hydrogens is 526 g/mol. The van der Waals surface area contributed by atoms with Crippen LogP contribution in [0, 0.1) is 6.92 Å². The minimum Gasteiger partial charge on any atom is -0.322 e. The van der Waals surface area contributed by atoms with E-state index in [2.05, 4.69) is 17.1 Å². The predicted octanol–water partition coefficient (Wildman–Crippen LogP) is 5.74. The van der Waals surface area contributed by atoms with E-state index in [0.717, 1.165) is 69.7 Å². The van der Waals surface area contributed by atoms with E-state index in [1.165, 1.54) is 0 Å². The lowest BCUT2D eigenvalue weighted by molar-refractivity contribution is 0.388. The first-order valence-corrected chi connectivity index (χ1v) is 14.4. The van der Waals surface area contributed by atoms with Gasteiger partial charge in [0.25, 0.3) is 5.56 Å². The van der Waals surface area contributed by atoms with E-state index in [9.17, 15) is 9.59 Å². The summed E-state index contributed by atoms with van der Waals surface area (Å²) in [6.45, 7) is 8.46. The zero-order valence-electron chi connectivity index (χ0n) is 24.6. The molecule has 3 N–H and O–H groups in total. The van der Waals surface area contributed by atoms with Crippen LogP contribution in [0.2, 0.25) is 0 Å². The Morgan fingerprint density at radius 1 is 0.929 bits per heavy atom. The van der Waals surface area contributed by atoms with Crippen molar-refractivity contribution < 1.29 is 4.52 Å². The third kappa shape index (κ3) is 6.34. The van der Waals surface area contributed by atoms with Gasteiger partial charge in [0.2, 0.25) is 0 Å². The number of nitrogens with zero attached hydrogens (tertiary/aromatic N) is 3. The predicted molar refractivity (Wildman–Crippen MR) is 165 cm³/mol. The molecule has 0 saturated heterocycles. The molecule has 0 radical (unpaired) electrons. The van der Waals surface area contributed by atoms with Gasteiger partial charge in [-0.1, -0.05) is 91.3 Å². The molecular formula is C34H37N5O3. The Labute approximate surface area is 245 Å². The maximum absolute atomic E-state index is 14.0. The minimum atomic E-state index is -0.595. The number of benzene rings is 3. The molecule has 0 fully saturated rings. The molecule has 42 heavy (non-hydrogen) atoms. The van der Waals surface area contributed by atoms with Gasteiger partial charge in [0, 0.05) is 23.1 Å². The number of aryl methyl sites for hydroxylation is 2. The normalized spacial score (nSPS) is 11.6. The molecule has 2 aromatic heterocycles. The fourth-order valence-corrected chi connectivity index (χ4v) is 5.19. The van der Waals surface area contributed by atoms with Gasteiger partial charge in [0.05, 0.1) is 12.2 Å². The van der Waals surface area contributed by atoms with Crippen molar-refractivity contribution in [1.29, 1.82) is 0 Å². The van der Waals surface area contributed by atoms with Crippen molar-refractivity contribution in [3.63, 3.8) is 0 Å². The molecule has 0 atom stereocenters. The fourth-order valence-electron chi connectivity index (χ4n) is 5.19. The molecule has 216 valence electrons. The monoisotopic (exact) mass is 563 g/mol. The van der Waals surface area contributed by atoms with Gasteiger partial charge >= 0.3 is 5.76 Å². The first kappa shape index (κ1) is 29.0. The molecule has 8 heteroatoms. The Balaban J connectivity index is 1.46. The van der Waals surface area contributed by atoms with Crippen molar-refractivity contribution in [3.05, 3.63) is 127 Å². The third-order valence-corrected chi connectivity index (χ3v) is 7.61. The van der Waals surface area contributed by atoms with Gasteiger partial charge in [-0.15, -0.1) is 0 Å². The van der Waals surface area contributed by atoms with Crippen LogP contribution in [0.1, 0.15) is 67.4 Å². The smallest absolute Gasteiger partial charge is 0.322 e. The number of nitrogens with two attached hydrogens (primary N) is 1. The Morgan fingerprint density at radius 3 is 2.21 bits per heavy atom. The van der Waals surface area contributed by atoms with Gasteiger partial charge in [0.1, 0.15) is 5.82 Å². The summed E-state index contributed by atoms with van der Waals surface area (Å²) < 4.78 is 6.49. The first-order valence-electron chi connectivity index (χ1n) is 14.4. The molecule has 0 amide bonds. The van der Waals surface area contributed by atoms with Crippen LogP contribution in [-0.4, -0.2) is 19.7 Å². The first-order chi connectivity index (χ1) is 20.1. The molecule has 0 aliphatic rings. The number of unbranched alkanes of at least 4 members (excludes halogenated alkanes) is 1. The van der Waals surface area contributed by atoms with Crippen LogP contribution in [0.25, 0.3) is 22.5 Å². The lowest BCUT2D eigenvalue weighted by Crippen LogP contribution is -2.30. The molecule has 0 aliphatic carbocycles. The van der Waals surface area contributed by atoms with Crippen LogP contribution in [0.15, 0.2) is 86.9 Å². The Kier molecular flexibility index (Phi) is 8.36. The van der Waals surface area contributed by atoms with E-state index in [0.29, 0.717) is 18.8 Å². The molecule has 3 aromatic carbocycles. The van der Waals surface area contributed by atoms with Crippen molar-refractivity contribution in [2.75, 3.05) is 0 Å². The van der Waals surface area contributed by atoms with Crippen LogP contribution in [0.4, 0.5) is 0 Å². The molecule has 2 heterocycles. The molecule has 0 aliphatic heterocycles. The Hall–Kier alpha value is -4.56. The highest BCUT2D eigenvalue weighted by Crippen LogP contribution is 2.30. The van der Waals surface area contributed by atoms with Crippen LogP contribution >= 0.6 is 0 Å². The third-order valence-electron chi connectivity index (χ3n) is 7.61. The van der Waals surface area contributed by atoms with E-state index in [1.807, 2.05) is 93.6 Å². The van der Waals surface area contributed by atoms with Crippen molar-refractivity contribution in [2.24, 2.45) is 5.73 Å². The molecule has 5 rings (SSSR count). The number of nitrogens with one attached hydrogen (secondary N) is 1. The summed E-state index contributed by atoms with van der Waals surface area (Å²) >= 11 is 0. The lowest BCUT2D eigenvalue weighted by Gasteiger charge is -2.20. The highest BCUT2D eigenvalue weighted by Gasteiger charge is 2.18. The Morgan fingerprint density at radius 2 is 1.60 bits per heavy atom. The molecule has 5 aromatic rings. The SMILES string of the molecule is CCCCc1nc(C)n(Cc2ccc(C(C)(C)N)cc2)c(=O)c1Cc1ccc(-c2ccccc2-c2noc(=O)[nH]2)cc1. The number of aromatic nitrogens is 4. The number of rotatable bonds is 10. The fraction of sp³-hybridized carbons (Fsp3) is 0.294. The van der Waals surface area contributed by atoms with Gasteiger partial charge in [-0.3, -0.25) is 18.9 Å². The molecule has 8 nitrogen and oxygen atoms in total. The summed E-state index contributed by atoms with van der Waals surface area (Å²) in [6, 6.07) is 24.0. The van der Waals surface area contributed by atoms with Crippen LogP contribution in [0.5, 0.6) is 0 Å². The number of hydrogen-bond acceptors (Lipinski definition) is 6. The molecule has 0 unspecified atom stereocenters. The average molecular weight is 564 g/mol. The van der Waals surface area contributed by atoms with Gasteiger partial charge in [0.15, 0.2) is 5.82 Å². The van der Waals surface area contributed by atoms with Crippen molar-refractivity contribution in [3.8, 4) is 22.5 Å². The second kappa shape index (κ2) is 12.1. The number of H-pyrrole nitrogens is 1. The van der Waals surface area contributed by atoms with Crippen LogP contribution < -0.4 is 17.0 Å². The van der Waals surface area contributed by atoms with E-state index >= 15 is 0 Å². The molecule has 0 bridgehead atoms. The van der Waals surface area contributed by atoms with E-state index in [1.54, 1.807) is 4.57 Å². The highest BCUT2D eigenvalue weighted by atomic mass is 16.5. The summed E-state index contributed by atoms with van der Waals surface area (Å²) in [5.41, 5.74) is 13.2. The summed E-state index contributed by atoms with van der Waals surface area (Å²) in [6.07, 6.45) is 3.26. The second-order valence-electron chi connectivity index (χ2n) is 11.4. The topological polar surface area (TPSA) is 120 Å². The maximum Gasteiger partial charge on any atom is 0.439 e. The van der Waals surface area contributed by atoms with Crippen molar-refractivity contribution in [1.82, 2.24) is 19.7 Å². The summed E-state index contributed by atoms with van der Waals surface area (Å²) in [5.74, 6) is 0.506. The Bertz CT molecular complexity index is 1790. The zero-order chi connectivity index (χ0) is 29.9. The van der Waals surface area contributed by atoms with E-state index < -0.39 is 11.3 Å². The van der Waals surface area contributed by atoms with Gasteiger partial charge in [-0.2, -0.15) is 0 Å². The second-order valence-corrected chi connectivity index (χ2v) is 11.4. The average Bonchev–Trinajstić information content (AvgIpc) is 3.42. The van der Waals surface area contributed by atoms with Gasteiger partial charge < -0.3 is 5.73 Å². The molecule has 0 saturated carbocycles. The highest BCUT2D eigenvalue weighted by molar-refractivity contribution is 5.80. The summed E-state index contributed by atoms with van der Waals surface area (Å²) in [5, 5.41) is 3.86. The van der Waals surface area contributed by atoms with Crippen molar-refractivity contribution in [2.45, 2.75) is 65.5 Å². The largest absolute Gasteiger partial charge is 0.439 e. The van der Waals surface area contributed by atoms with E-state index in [-0.39, 0.29) is 5.56 Å². The minimum absolute atomic E-state index is 0.00115. The van der Waals surface area contributed by atoms with Gasteiger partial charge in [-0.05, 0) is 61.4 Å². The van der Waals surface area contributed by atoms with Crippen LogP contribution in [0.3, 0.4) is 0 Å². The summed E-state index contributed by atoms with van der Waals surface area (Å²) in [7, 11) is 0. The van der Waals surface area contributed by atoms with Crippen LogP contribution in [-0.2, 0) is 24.9 Å². The maximum atomic E-state index is 14.0. The van der Waals surface area contributed by atoms with Gasteiger partial charge in [-0.25, -0.2) is 9.78 Å². The number of hydrogen-bond donors (Lipinski definition) is 2.